The summed E-state index contributed by atoms with van der Waals surface area (Å²) >= 11 is 0. The van der Waals surface area contributed by atoms with E-state index in [9.17, 15) is 0 Å². The minimum Gasteiger partial charge on any atom is -0.473 e. The third-order valence-electron chi connectivity index (χ3n) is 3.61. The summed E-state index contributed by atoms with van der Waals surface area (Å²) in [6.45, 7) is 8.00. The van der Waals surface area contributed by atoms with Gasteiger partial charge in [-0.3, -0.25) is 0 Å². The second kappa shape index (κ2) is 9.01. The molecule has 1 aromatic carbocycles. The fraction of sp³-hybridized carbons (Fsp3) is 0.421. The molecule has 5 heteroatoms. The molecule has 0 saturated heterocycles. The van der Waals surface area contributed by atoms with E-state index in [0.717, 1.165) is 29.9 Å². The third kappa shape index (κ3) is 3.91. The van der Waals surface area contributed by atoms with E-state index in [1.165, 1.54) is 6.42 Å². The normalized spacial score (nSPS) is 13.2. The summed E-state index contributed by atoms with van der Waals surface area (Å²) in [4.78, 5) is 0. The minimum atomic E-state index is 0.316. The maximum absolute atomic E-state index is 5.83. The van der Waals surface area contributed by atoms with Crippen molar-refractivity contribution in [3.8, 4) is 17.3 Å². The van der Waals surface area contributed by atoms with Crippen LogP contribution in [-0.4, -0.2) is 25.9 Å². The Morgan fingerprint density at radius 1 is 0.917 bits per heavy atom. The predicted octanol–water partition coefficient (Wildman–Crippen LogP) is 4.78. The summed E-state index contributed by atoms with van der Waals surface area (Å²) < 4.78 is 7.57. The van der Waals surface area contributed by atoms with Gasteiger partial charge < -0.3 is 4.74 Å². The largest absolute Gasteiger partial charge is 0.473 e. The zero-order chi connectivity index (χ0) is 17.4. The van der Waals surface area contributed by atoms with Crippen LogP contribution in [0.3, 0.4) is 0 Å². The van der Waals surface area contributed by atoms with Crippen LogP contribution in [0.15, 0.2) is 42.5 Å². The van der Waals surface area contributed by atoms with Crippen molar-refractivity contribution in [3.05, 3.63) is 42.5 Å². The van der Waals surface area contributed by atoms with Crippen LogP contribution in [0.5, 0.6) is 5.88 Å². The predicted molar refractivity (Wildman–Crippen MR) is 97.2 cm³/mol. The van der Waals surface area contributed by atoms with E-state index in [0.29, 0.717) is 12.0 Å². The lowest BCUT2D eigenvalue weighted by Gasteiger charge is -2.25. The first-order valence-electron chi connectivity index (χ1n) is 8.85. The van der Waals surface area contributed by atoms with Gasteiger partial charge in [-0.15, -0.1) is 15.3 Å². The van der Waals surface area contributed by atoms with Gasteiger partial charge in [0.1, 0.15) is 6.10 Å². The molecular weight excluding hydrogens is 300 g/mol. The van der Waals surface area contributed by atoms with E-state index in [1.807, 2.05) is 70.2 Å². The van der Waals surface area contributed by atoms with Crippen molar-refractivity contribution in [1.82, 2.24) is 19.8 Å². The van der Waals surface area contributed by atoms with Crippen LogP contribution in [0.25, 0.3) is 17.0 Å². The van der Waals surface area contributed by atoms with Gasteiger partial charge >= 0.3 is 0 Å². The summed E-state index contributed by atoms with van der Waals surface area (Å²) in [7, 11) is 0. The molecule has 1 fully saturated rings. The monoisotopic (exact) mass is 326 g/mol. The fourth-order valence-electron chi connectivity index (χ4n) is 2.26. The van der Waals surface area contributed by atoms with Crippen LogP contribution >= 0.6 is 0 Å². The molecule has 1 aliphatic rings. The summed E-state index contributed by atoms with van der Waals surface area (Å²) in [5.41, 5.74) is 1.72. The maximum atomic E-state index is 5.83. The number of aromatic nitrogens is 4. The van der Waals surface area contributed by atoms with Crippen LogP contribution < -0.4 is 4.74 Å². The topological polar surface area (TPSA) is 52.3 Å². The first-order valence-corrected chi connectivity index (χ1v) is 8.85. The lowest BCUT2D eigenvalue weighted by atomic mass is 9.96. The SMILES string of the molecule is CC.CC.c1ccc(-c2nnc3ccc(OC4CCC4)nn23)cc1. The highest BCUT2D eigenvalue weighted by Gasteiger charge is 2.20. The first kappa shape index (κ1) is 17.9. The molecule has 0 aliphatic heterocycles. The van der Waals surface area contributed by atoms with E-state index >= 15 is 0 Å². The van der Waals surface area contributed by atoms with Gasteiger partial charge in [-0.1, -0.05) is 58.0 Å². The zero-order valence-corrected chi connectivity index (χ0v) is 14.9. The molecular formula is C19H26N4O. The van der Waals surface area contributed by atoms with Crippen molar-refractivity contribution in [1.29, 1.82) is 0 Å². The minimum absolute atomic E-state index is 0.316. The molecule has 2 aromatic heterocycles. The Bertz CT molecular complexity index is 735. The Hall–Kier alpha value is -2.43. The number of nitrogens with zero attached hydrogens (tertiary/aromatic N) is 4. The molecule has 24 heavy (non-hydrogen) atoms. The highest BCUT2D eigenvalue weighted by Crippen LogP contribution is 2.24. The zero-order valence-electron chi connectivity index (χ0n) is 14.9. The van der Waals surface area contributed by atoms with Crippen molar-refractivity contribution >= 4 is 5.65 Å². The van der Waals surface area contributed by atoms with Crippen molar-refractivity contribution in [3.63, 3.8) is 0 Å². The molecule has 0 amide bonds. The Balaban J connectivity index is 0.000000487. The number of rotatable bonds is 3. The van der Waals surface area contributed by atoms with Crippen LogP contribution in [-0.2, 0) is 0 Å². The molecule has 0 bridgehead atoms. The van der Waals surface area contributed by atoms with Crippen LogP contribution in [0, 0.1) is 0 Å². The second-order valence-electron chi connectivity index (χ2n) is 5.00. The van der Waals surface area contributed by atoms with Crippen LogP contribution in [0.2, 0.25) is 0 Å². The highest BCUT2D eigenvalue weighted by molar-refractivity contribution is 5.58. The molecule has 0 radical (unpaired) electrons. The smallest absolute Gasteiger partial charge is 0.232 e. The average Bonchev–Trinajstić information content (AvgIpc) is 3.06. The molecule has 128 valence electrons. The van der Waals surface area contributed by atoms with Crippen LogP contribution in [0.1, 0.15) is 47.0 Å². The van der Waals surface area contributed by atoms with Crippen molar-refractivity contribution < 1.29 is 4.74 Å². The molecule has 0 spiro atoms. The number of hydrogen-bond donors (Lipinski definition) is 0. The summed E-state index contributed by atoms with van der Waals surface area (Å²) in [5, 5.41) is 12.9. The molecule has 4 rings (SSSR count). The van der Waals surface area contributed by atoms with Gasteiger partial charge in [0.15, 0.2) is 11.5 Å². The molecule has 1 aliphatic carbocycles. The first-order chi connectivity index (χ1) is 11.9. The van der Waals surface area contributed by atoms with E-state index in [-0.39, 0.29) is 0 Å². The molecule has 5 nitrogen and oxygen atoms in total. The summed E-state index contributed by atoms with van der Waals surface area (Å²) in [5.74, 6) is 1.37. The molecule has 2 heterocycles. The molecule has 0 atom stereocenters. The van der Waals surface area contributed by atoms with Gasteiger partial charge in [0.25, 0.3) is 0 Å². The van der Waals surface area contributed by atoms with Crippen molar-refractivity contribution in [2.45, 2.75) is 53.1 Å². The summed E-state index contributed by atoms with van der Waals surface area (Å²) in [6.07, 6.45) is 3.80. The van der Waals surface area contributed by atoms with Gasteiger partial charge in [-0.05, 0) is 25.3 Å². The summed E-state index contributed by atoms with van der Waals surface area (Å²) in [6, 6.07) is 13.7. The molecule has 1 saturated carbocycles. The number of hydrogen-bond acceptors (Lipinski definition) is 4. The van der Waals surface area contributed by atoms with Gasteiger partial charge in [0, 0.05) is 11.6 Å². The Kier molecular flexibility index (Phi) is 6.73. The van der Waals surface area contributed by atoms with Gasteiger partial charge in [0.2, 0.25) is 5.88 Å². The standard InChI is InChI=1S/C15H14N4O.2C2H6/c1-2-5-11(6-3-1)15-17-16-13-9-10-14(18-19(13)15)20-12-7-4-8-12;2*1-2/h1-3,5-6,9-10,12H,4,7-8H2;2*1-2H3. The maximum Gasteiger partial charge on any atom is 0.232 e. The number of fused-ring (bicyclic) bond motifs is 1. The number of benzene rings is 1. The number of ether oxygens (including phenoxy) is 1. The highest BCUT2D eigenvalue weighted by atomic mass is 16.5. The lowest BCUT2D eigenvalue weighted by molar-refractivity contribution is 0.113. The second-order valence-corrected chi connectivity index (χ2v) is 5.00. The molecule has 0 unspecified atom stereocenters. The molecule has 0 N–H and O–H groups in total. The van der Waals surface area contributed by atoms with E-state index in [1.54, 1.807) is 4.52 Å². The van der Waals surface area contributed by atoms with Gasteiger partial charge in [0.05, 0.1) is 0 Å². The Morgan fingerprint density at radius 2 is 1.62 bits per heavy atom. The average molecular weight is 326 g/mol. The van der Waals surface area contributed by atoms with Crippen LogP contribution in [0.4, 0.5) is 0 Å². The lowest BCUT2D eigenvalue weighted by Crippen LogP contribution is -2.25. The quantitative estimate of drug-likeness (QED) is 0.695. The Labute approximate surface area is 143 Å². The van der Waals surface area contributed by atoms with Crippen molar-refractivity contribution in [2.24, 2.45) is 0 Å². The van der Waals surface area contributed by atoms with Gasteiger partial charge in [-0.25, -0.2) is 0 Å². The van der Waals surface area contributed by atoms with E-state index in [2.05, 4.69) is 15.3 Å². The van der Waals surface area contributed by atoms with Crippen molar-refractivity contribution in [2.75, 3.05) is 0 Å². The molecule has 3 aromatic rings. The third-order valence-corrected chi connectivity index (χ3v) is 3.61. The Morgan fingerprint density at radius 3 is 2.25 bits per heavy atom. The van der Waals surface area contributed by atoms with Gasteiger partial charge in [-0.2, -0.15) is 4.52 Å². The van der Waals surface area contributed by atoms with E-state index in [4.69, 9.17) is 4.74 Å². The fourth-order valence-corrected chi connectivity index (χ4v) is 2.26. The van der Waals surface area contributed by atoms with E-state index < -0.39 is 0 Å².